The third kappa shape index (κ3) is 3.50. The van der Waals surface area contributed by atoms with E-state index in [1.54, 1.807) is 42.5 Å². The van der Waals surface area contributed by atoms with Gasteiger partial charge in [-0.1, -0.05) is 57.3 Å². The Labute approximate surface area is 130 Å². The fourth-order valence-electron chi connectivity index (χ4n) is 1.84. The van der Waals surface area contributed by atoms with E-state index in [2.05, 4.69) is 15.9 Å². The lowest BCUT2D eigenvalue weighted by molar-refractivity contribution is 0.146. The lowest BCUT2D eigenvalue weighted by Crippen LogP contribution is -2.20. The first-order valence-electron chi connectivity index (χ1n) is 5.63. The molecule has 0 aliphatic rings. The highest BCUT2D eigenvalue weighted by atomic mass is 79.9. The Hall–Kier alpha value is -0.580. The van der Waals surface area contributed by atoms with Crippen LogP contribution in [0.5, 0.6) is 0 Å². The highest BCUT2D eigenvalue weighted by Crippen LogP contribution is 2.33. The quantitative estimate of drug-likeness (QED) is 0.847. The van der Waals surface area contributed by atoms with Crippen molar-refractivity contribution in [2.45, 2.75) is 12.1 Å². The molecule has 2 aromatic carbocycles. The van der Waals surface area contributed by atoms with E-state index in [4.69, 9.17) is 28.9 Å². The molecule has 100 valence electrons. The van der Waals surface area contributed by atoms with Gasteiger partial charge >= 0.3 is 0 Å². The van der Waals surface area contributed by atoms with Gasteiger partial charge in [-0.3, -0.25) is 0 Å². The smallest absolute Gasteiger partial charge is 0.0983 e. The van der Waals surface area contributed by atoms with Crippen LogP contribution in [0.25, 0.3) is 0 Å². The highest BCUT2D eigenvalue weighted by Gasteiger charge is 2.21. The van der Waals surface area contributed by atoms with E-state index < -0.39 is 12.1 Å². The predicted molar refractivity (Wildman–Crippen MR) is 82.5 cm³/mol. The summed E-state index contributed by atoms with van der Waals surface area (Å²) in [5.74, 6) is 0. The normalized spacial score (nSPS) is 14.2. The molecule has 0 spiro atoms. The number of aliphatic hydroxyl groups excluding tert-OH is 1. The Morgan fingerprint density at radius 2 is 1.74 bits per heavy atom. The zero-order valence-corrected chi connectivity index (χ0v) is 13.0. The molecule has 0 saturated carbocycles. The van der Waals surface area contributed by atoms with Crippen molar-refractivity contribution in [3.63, 3.8) is 0 Å². The van der Waals surface area contributed by atoms with Crippen molar-refractivity contribution >= 4 is 39.1 Å². The Bertz CT molecular complexity index is 591. The van der Waals surface area contributed by atoms with Crippen LogP contribution in [0.4, 0.5) is 0 Å². The van der Waals surface area contributed by atoms with Crippen LogP contribution >= 0.6 is 39.1 Å². The molecule has 2 atom stereocenters. The summed E-state index contributed by atoms with van der Waals surface area (Å²) in [4.78, 5) is 0. The van der Waals surface area contributed by atoms with Gasteiger partial charge in [0.05, 0.1) is 12.1 Å². The number of hydrogen-bond acceptors (Lipinski definition) is 2. The van der Waals surface area contributed by atoms with Crippen LogP contribution in [0.1, 0.15) is 23.3 Å². The third-order valence-corrected chi connectivity index (χ3v) is 4.01. The maximum atomic E-state index is 10.3. The van der Waals surface area contributed by atoms with Gasteiger partial charge in [-0.2, -0.15) is 0 Å². The molecule has 0 saturated heterocycles. The van der Waals surface area contributed by atoms with Gasteiger partial charge in [-0.05, 0) is 35.4 Å². The Morgan fingerprint density at radius 1 is 1.05 bits per heavy atom. The van der Waals surface area contributed by atoms with E-state index in [9.17, 15) is 5.11 Å². The minimum Gasteiger partial charge on any atom is -0.386 e. The second-order valence-electron chi connectivity index (χ2n) is 4.19. The van der Waals surface area contributed by atoms with Crippen molar-refractivity contribution in [1.82, 2.24) is 0 Å². The molecule has 0 aliphatic heterocycles. The van der Waals surface area contributed by atoms with Crippen LogP contribution in [0.3, 0.4) is 0 Å². The standard InChI is InChI=1S/C14H12BrCl2NO/c15-12-7-10(17)4-5-11(12)13(18)14(19)8-2-1-3-9(16)6-8/h1-7,13-14,19H,18H2/t13-,14-/m1/s1. The largest absolute Gasteiger partial charge is 0.386 e. The fraction of sp³-hybridized carbons (Fsp3) is 0.143. The molecule has 0 bridgehead atoms. The van der Waals surface area contributed by atoms with E-state index in [0.717, 1.165) is 10.0 Å². The zero-order chi connectivity index (χ0) is 14.0. The van der Waals surface area contributed by atoms with Crippen LogP contribution in [-0.4, -0.2) is 5.11 Å². The molecule has 2 aromatic rings. The molecule has 5 heteroatoms. The van der Waals surface area contributed by atoms with Gasteiger partial charge in [0.2, 0.25) is 0 Å². The molecule has 0 unspecified atom stereocenters. The van der Waals surface area contributed by atoms with Crippen molar-refractivity contribution in [1.29, 1.82) is 0 Å². The molecule has 2 rings (SSSR count). The molecular weight excluding hydrogens is 349 g/mol. The van der Waals surface area contributed by atoms with Gasteiger partial charge in [-0.15, -0.1) is 0 Å². The first kappa shape index (κ1) is 14.8. The molecule has 2 nitrogen and oxygen atoms in total. The van der Waals surface area contributed by atoms with Gasteiger partial charge in [0.25, 0.3) is 0 Å². The number of aliphatic hydroxyl groups is 1. The van der Waals surface area contributed by atoms with E-state index in [-0.39, 0.29) is 0 Å². The van der Waals surface area contributed by atoms with Gasteiger partial charge in [0.15, 0.2) is 0 Å². The van der Waals surface area contributed by atoms with Crippen LogP contribution in [0.15, 0.2) is 46.9 Å². The van der Waals surface area contributed by atoms with Crippen molar-refractivity contribution in [3.8, 4) is 0 Å². The van der Waals surface area contributed by atoms with Gasteiger partial charge in [0, 0.05) is 14.5 Å². The summed E-state index contributed by atoms with van der Waals surface area (Å²) in [6.07, 6.45) is -0.837. The molecule has 0 radical (unpaired) electrons. The van der Waals surface area contributed by atoms with E-state index in [0.29, 0.717) is 15.6 Å². The number of halogens is 3. The van der Waals surface area contributed by atoms with E-state index in [1.807, 2.05) is 0 Å². The van der Waals surface area contributed by atoms with Gasteiger partial charge < -0.3 is 10.8 Å². The Balaban J connectivity index is 2.30. The van der Waals surface area contributed by atoms with Gasteiger partial charge in [0.1, 0.15) is 0 Å². The SMILES string of the molecule is N[C@H](c1ccc(Cl)cc1Br)[C@H](O)c1cccc(Cl)c1. The van der Waals surface area contributed by atoms with Crippen LogP contribution in [-0.2, 0) is 0 Å². The second-order valence-corrected chi connectivity index (χ2v) is 5.92. The average molecular weight is 361 g/mol. The first-order chi connectivity index (χ1) is 8.99. The average Bonchev–Trinajstić information content (AvgIpc) is 2.37. The summed E-state index contributed by atoms with van der Waals surface area (Å²) in [5.41, 5.74) is 7.58. The molecule has 0 amide bonds. The summed E-state index contributed by atoms with van der Waals surface area (Å²) < 4.78 is 0.772. The summed E-state index contributed by atoms with van der Waals surface area (Å²) in [6.45, 7) is 0. The van der Waals surface area contributed by atoms with Crippen molar-refractivity contribution in [2.24, 2.45) is 5.73 Å². The lowest BCUT2D eigenvalue weighted by Gasteiger charge is -2.21. The summed E-state index contributed by atoms with van der Waals surface area (Å²) in [6, 6.07) is 11.8. The fourth-order valence-corrected chi connectivity index (χ4v) is 2.99. The van der Waals surface area contributed by atoms with Crippen molar-refractivity contribution in [2.75, 3.05) is 0 Å². The Morgan fingerprint density at radius 3 is 2.37 bits per heavy atom. The lowest BCUT2D eigenvalue weighted by atomic mass is 9.97. The zero-order valence-electron chi connectivity index (χ0n) is 9.85. The summed E-state index contributed by atoms with van der Waals surface area (Å²) >= 11 is 15.2. The number of rotatable bonds is 3. The third-order valence-electron chi connectivity index (χ3n) is 2.85. The van der Waals surface area contributed by atoms with Crippen LogP contribution < -0.4 is 5.73 Å². The monoisotopic (exact) mass is 359 g/mol. The molecule has 0 heterocycles. The predicted octanol–water partition coefficient (Wildman–Crippen LogP) is 4.49. The van der Waals surface area contributed by atoms with E-state index >= 15 is 0 Å². The number of hydrogen-bond donors (Lipinski definition) is 2. The molecule has 0 fully saturated rings. The molecule has 3 N–H and O–H groups in total. The molecule has 0 aromatic heterocycles. The van der Waals surface area contributed by atoms with Crippen LogP contribution in [0, 0.1) is 0 Å². The molecule has 0 aliphatic carbocycles. The number of nitrogens with two attached hydrogens (primary N) is 1. The van der Waals surface area contributed by atoms with E-state index in [1.165, 1.54) is 0 Å². The molecular formula is C14H12BrCl2NO. The minimum absolute atomic E-state index is 0.565. The van der Waals surface area contributed by atoms with Gasteiger partial charge in [-0.25, -0.2) is 0 Å². The summed E-state index contributed by atoms with van der Waals surface area (Å²) in [5, 5.41) is 11.5. The second kappa shape index (κ2) is 6.25. The summed E-state index contributed by atoms with van der Waals surface area (Å²) in [7, 11) is 0. The first-order valence-corrected chi connectivity index (χ1v) is 7.18. The molecule has 19 heavy (non-hydrogen) atoms. The van der Waals surface area contributed by atoms with Crippen molar-refractivity contribution < 1.29 is 5.11 Å². The van der Waals surface area contributed by atoms with Crippen LogP contribution in [0.2, 0.25) is 10.0 Å². The minimum atomic E-state index is -0.837. The highest BCUT2D eigenvalue weighted by molar-refractivity contribution is 9.10. The van der Waals surface area contributed by atoms with Crippen molar-refractivity contribution in [3.05, 3.63) is 68.1 Å². The Kier molecular flexibility index (Phi) is 4.87. The topological polar surface area (TPSA) is 46.2 Å². The maximum Gasteiger partial charge on any atom is 0.0983 e. The maximum absolute atomic E-state index is 10.3. The number of benzene rings is 2.